The molecule has 1 aromatic carbocycles. The average Bonchev–Trinajstić information content (AvgIpc) is 3.50. The van der Waals surface area contributed by atoms with Gasteiger partial charge in [0.1, 0.15) is 12.9 Å². The monoisotopic (exact) mass is 462 g/mol. The number of aromatic nitrogens is 4. The van der Waals surface area contributed by atoms with Gasteiger partial charge in [-0.05, 0) is 46.5 Å². The van der Waals surface area contributed by atoms with Gasteiger partial charge in [-0.3, -0.25) is 9.69 Å². The van der Waals surface area contributed by atoms with Crippen molar-refractivity contribution in [3.63, 3.8) is 0 Å². The third-order valence-corrected chi connectivity index (χ3v) is 6.31. The highest BCUT2D eigenvalue weighted by Gasteiger charge is 2.25. The fourth-order valence-corrected chi connectivity index (χ4v) is 4.28. The number of hydrogen-bond acceptors (Lipinski definition) is 7. The van der Waals surface area contributed by atoms with Gasteiger partial charge in [-0.2, -0.15) is 0 Å². The highest BCUT2D eigenvalue weighted by Crippen LogP contribution is 2.25. The number of cyclic esters (lactones) is 1. The smallest absolute Gasteiger partial charge is 0.338 e. The number of rotatable bonds is 8. The zero-order chi connectivity index (χ0) is 24.1. The van der Waals surface area contributed by atoms with Crippen LogP contribution >= 0.6 is 0 Å². The maximum atomic E-state index is 12.8. The van der Waals surface area contributed by atoms with Gasteiger partial charge < -0.3 is 9.64 Å². The van der Waals surface area contributed by atoms with E-state index in [1.165, 1.54) is 11.9 Å². The van der Waals surface area contributed by atoms with Crippen LogP contribution in [0, 0.1) is 0 Å². The summed E-state index contributed by atoms with van der Waals surface area (Å²) in [6.07, 6.45) is 7.38. The Morgan fingerprint density at radius 3 is 2.74 bits per heavy atom. The molecule has 0 aliphatic carbocycles. The Morgan fingerprint density at radius 1 is 1.24 bits per heavy atom. The van der Waals surface area contributed by atoms with Crippen molar-refractivity contribution < 1.29 is 14.3 Å². The maximum absolute atomic E-state index is 12.8. The molecule has 2 aliphatic rings. The van der Waals surface area contributed by atoms with Crippen molar-refractivity contribution in [1.82, 2.24) is 30.0 Å². The zero-order valence-electron chi connectivity index (χ0n) is 19.7. The molecule has 1 amide bonds. The second-order valence-corrected chi connectivity index (χ2v) is 8.71. The summed E-state index contributed by atoms with van der Waals surface area (Å²) in [6.45, 7) is 12.5. The van der Waals surface area contributed by atoms with Crippen LogP contribution in [0.4, 0.5) is 0 Å². The number of allylic oxidation sites excluding steroid dienone is 4. The van der Waals surface area contributed by atoms with E-state index in [4.69, 9.17) is 4.74 Å². The fourth-order valence-electron chi connectivity index (χ4n) is 4.28. The van der Waals surface area contributed by atoms with Gasteiger partial charge in [0.05, 0.1) is 17.7 Å². The molecule has 0 radical (unpaired) electrons. The van der Waals surface area contributed by atoms with Crippen LogP contribution in [0.5, 0.6) is 0 Å². The van der Waals surface area contributed by atoms with Crippen molar-refractivity contribution in [2.75, 3.05) is 32.7 Å². The predicted molar refractivity (Wildman–Crippen MR) is 128 cm³/mol. The summed E-state index contributed by atoms with van der Waals surface area (Å²) in [6, 6.07) is 5.98. The minimum atomic E-state index is -0.233. The molecule has 1 unspecified atom stereocenters. The minimum absolute atomic E-state index is 0.0927. The molecule has 3 heterocycles. The number of hydrogen-bond donors (Lipinski definition) is 0. The van der Waals surface area contributed by atoms with Crippen LogP contribution in [-0.2, 0) is 16.1 Å². The Bertz CT molecular complexity index is 1110. The third kappa shape index (κ3) is 5.48. The standard InChI is InChI=1S/C25H30N6O3/c1-4-22(31-17-26-27-28-31)7-5-18(2)13-24(32)30-11-9-29(10-12-30)15-19(3)20-6-8-23-21(14-20)16-34-25(23)33/h4-8,14,17,19H,2,9-13,15-16H2,1,3H3. The Labute approximate surface area is 199 Å². The third-order valence-electron chi connectivity index (χ3n) is 6.31. The van der Waals surface area contributed by atoms with E-state index in [9.17, 15) is 9.59 Å². The fraction of sp³-hybridized carbons (Fsp3) is 0.400. The first kappa shape index (κ1) is 23.6. The lowest BCUT2D eigenvalue weighted by Gasteiger charge is -2.36. The van der Waals surface area contributed by atoms with Crippen molar-refractivity contribution in [2.24, 2.45) is 0 Å². The number of tetrazole rings is 1. The number of esters is 1. The average molecular weight is 463 g/mol. The number of ether oxygens (including phenoxy) is 1. The molecular formula is C25H30N6O3. The molecule has 1 fully saturated rings. The number of fused-ring (bicyclic) bond motifs is 1. The molecule has 1 saturated heterocycles. The molecule has 0 N–H and O–H groups in total. The van der Waals surface area contributed by atoms with Gasteiger partial charge in [-0.1, -0.05) is 37.8 Å². The van der Waals surface area contributed by atoms with Gasteiger partial charge in [0.25, 0.3) is 0 Å². The summed E-state index contributed by atoms with van der Waals surface area (Å²) < 4.78 is 6.67. The van der Waals surface area contributed by atoms with E-state index in [-0.39, 0.29) is 18.3 Å². The van der Waals surface area contributed by atoms with E-state index >= 15 is 0 Å². The van der Waals surface area contributed by atoms with E-state index in [1.54, 1.807) is 4.68 Å². The van der Waals surface area contributed by atoms with Crippen LogP contribution in [0.25, 0.3) is 5.70 Å². The van der Waals surface area contributed by atoms with Crippen molar-refractivity contribution in [1.29, 1.82) is 0 Å². The Morgan fingerprint density at radius 2 is 2.03 bits per heavy atom. The lowest BCUT2D eigenvalue weighted by atomic mass is 9.96. The van der Waals surface area contributed by atoms with Gasteiger partial charge in [-0.25, -0.2) is 9.48 Å². The second kappa shape index (κ2) is 10.6. The first-order chi connectivity index (χ1) is 16.4. The number of amides is 1. The molecule has 9 nitrogen and oxygen atoms in total. The predicted octanol–water partition coefficient (Wildman–Crippen LogP) is 2.65. The number of nitrogens with zero attached hydrogens (tertiary/aromatic N) is 6. The van der Waals surface area contributed by atoms with Gasteiger partial charge in [0.15, 0.2) is 0 Å². The number of carbonyl (C=O) groups is 2. The maximum Gasteiger partial charge on any atom is 0.338 e. The SMILES string of the molecule is C=C(C=CC(=CC)n1cnnn1)CC(=O)N1CCN(CC(C)c2ccc3c(c2)COC3=O)CC1. The Balaban J connectivity index is 1.23. The number of carbonyl (C=O) groups excluding carboxylic acids is 2. The van der Waals surface area contributed by atoms with Crippen molar-refractivity contribution in [2.45, 2.75) is 32.8 Å². The summed E-state index contributed by atoms with van der Waals surface area (Å²) in [5.41, 5.74) is 4.41. The van der Waals surface area contributed by atoms with Gasteiger partial charge in [0.2, 0.25) is 5.91 Å². The molecular weight excluding hydrogens is 432 g/mol. The molecule has 0 saturated carbocycles. The first-order valence-electron chi connectivity index (χ1n) is 11.5. The first-order valence-corrected chi connectivity index (χ1v) is 11.5. The number of benzene rings is 1. The molecule has 2 aromatic rings. The second-order valence-electron chi connectivity index (χ2n) is 8.71. The van der Waals surface area contributed by atoms with E-state index in [1.807, 2.05) is 42.2 Å². The number of piperazine rings is 1. The highest BCUT2D eigenvalue weighted by atomic mass is 16.5. The zero-order valence-corrected chi connectivity index (χ0v) is 19.7. The van der Waals surface area contributed by atoms with Gasteiger partial charge in [0, 0.05) is 38.3 Å². The van der Waals surface area contributed by atoms with Gasteiger partial charge in [-0.15, -0.1) is 5.10 Å². The molecule has 178 valence electrons. The summed E-state index contributed by atoms with van der Waals surface area (Å²) in [5, 5.41) is 11.1. The highest BCUT2D eigenvalue weighted by molar-refractivity contribution is 5.93. The van der Waals surface area contributed by atoms with E-state index in [0.29, 0.717) is 31.2 Å². The van der Waals surface area contributed by atoms with Gasteiger partial charge >= 0.3 is 5.97 Å². The van der Waals surface area contributed by atoms with Crippen LogP contribution in [0.15, 0.2) is 54.9 Å². The summed E-state index contributed by atoms with van der Waals surface area (Å²) in [4.78, 5) is 28.7. The van der Waals surface area contributed by atoms with Crippen LogP contribution in [0.1, 0.15) is 47.7 Å². The van der Waals surface area contributed by atoms with Crippen LogP contribution in [0.2, 0.25) is 0 Å². The molecule has 1 atom stereocenters. The normalized spacial score (nSPS) is 17.6. The topological polar surface area (TPSA) is 93.5 Å². The quantitative estimate of drug-likeness (QED) is 0.440. The van der Waals surface area contributed by atoms with Crippen molar-refractivity contribution >= 4 is 17.6 Å². The van der Waals surface area contributed by atoms with Crippen molar-refractivity contribution in [3.8, 4) is 0 Å². The molecule has 9 heteroatoms. The lowest BCUT2D eigenvalue weighted by Crippen LogP contribution is -2.49. The van der Waals surface area contributed by atoms with Crippen molar-refractivity contribution in [3.05, 3.63) is 71.6 Å². The van der Waals surface area contributed by atoms with E-state index < -0.39 is 0 Å². The molecule has 4 rings (SSSR count). The Kier molecular flexibility index (Phi) is 7.32. The van der Waals surface area contributed by atoms with Crippen LogP contribution in [0.3, 0.4) is 0 Å². The molecule has 0 spiro atoms. The summed E-state index contributed by atoms with van der Waals surface area (Å²) in [7, 11) is 0. The summed E-state index contributed by atoms with van der Waals surface area (Å²) >= 11 is 0. The summed E-state index contributed by atoms with van der Waals surface area (Å²) in [5.74, 6) is 0.187. The molecule has 1 aromatic heterocycles. The van der Waals surface area contributed by atoms with Crippen LogP contribution < -0.4 is 0 Å². The molecule has 2 aliphatic heterocycles. The Hall–Kier alpha value is -3.59. The molecule has 34 heavy (non-hydrogen) atoms. The van der Waals surface area contributed by atoms with Crippen LogP contribution in [-0.4, -0.2) is 74.6 Å². The molecule has 0 bridgehead atoms. The minimum Gasteiger partial charge on any atom is -0.457 e. The lowest BCUT2D eigenvalue weighted by molar-refractivity contribution is -0.132. The largest absolute Gasteiger partial charge is 0.457 e. The van der Waals surface area contributed by atoms with E-state index in [0.717, 1.165) is 36.5 Å². The van der Waals surface area contributed by atoms with E-state index in [2.05, 4.69) is 40.0 Å².